The number of hydrogen-bond donors (Lipinski definition) is 0. The van der Waals surface area contributed by atoms with Crippen molar-refractivity contribution >= 4 is 43.1 Å². The van der Waals surface area contributed by atoms with E-state index in [4.69, 9.17) is 0 Å². The summed E-state index contributed by atoms with van der Waals surface area (Å²) >= 11 is 0. The first kappa shape index (κ1) is 28.9. The predicted molar refractivity (Wildman–Crippen MR) is 218 cm³/mol. The Morgan fingerprint density at radius 2 is 0.731 bits per heavy atom. The van der Waals surface area contributed by atoms with Gasteiger partial charge in [0, 0.05) is 18.0 Å². The molecule has 0 unspecified atom stereocenters. The first-order valence-electron chi connectivity index (χ1n) is 17.8. The van der Waals surface area contributed by atoms with E-state index in [1.807, 2.05) is 12.4 Å². The van der Waals surface area contributed by atoms with Gasteiger partial charge < -0.3 is 0 Å². The highest BCUT2D eigenvalue weighted by Gasteiger charge is 2.32. The highest BCUT2D eigenvalue weighted by molar-refractivity contribution is 6.30. The molecule has 9 aromatic carbocycles. The standard InChI is InChI=1S/C50H30N2/c1-2-12-33(13-3-1)39-22-24-43-48-44(25-23-40(47(39)48)38-28-51-30-52-29-38)50-46(37-21-19-32-11-5-7-15-35(32)27-37)42-17-9-8-16-41(42)45(49(43)50)36-20-18-31-10-4-6-14-34(31)26-36/h1-30H. The maximum atomic E-state index is 4.45. The second-order valence-corrected chi connectivity index (χ2v) is 13.7. The van der Waals surface area contributed by atoms with Crippen LogP contribution in [0.25, 0.3) is 110 Å². The Balaban J connectivity index is 1.34. The molecule has 52 heavy (non-hydrogen) atoms. The summed E-state index contributed by atoms with van der Waals surface area (Å²) in [6.07, 6.45) is 5.47. The van der Waals surface area contributed by atoms with E-state index in [-0.39, 0.29) is 0 Å². The molecule has 1 aliphatic rings. The van der Waals surface area contributed by atoms with Crippen LogP contribution in [0.5, 0.6) is 0 Å². The number of rotatable bonds is 4. The zero-order valence-corrected chi connectivity index (χ0v) is 28.2. The summed E-state index contributed by atoms with van der Waals surface area (Å²) < 4.78 is 0. The van der Waals surface area contributed by atoms with E-state index in [0.29, 0.717) is 0 Å². The van der Waals surface area contributed by atoms with Crippen molar-refractivity contribution in [2.75, 3.05) is 0 Å². The Morgan fingerprint density at radius 3 is 1.29 bits per heavy atom. The molecule has 0 atom stereocenters. The van der Waals surface area contributed by atoms with E-state index >= 15 is 0 Å². The summed E-state index contributed by atoms with van der Waals surface area (Å²) in [6, 6.07) is 60.3. The molecule has 0 fully saturated rings. The van der Waals surface area contributed by atoms with Crippen LogP contribution in [0.1, 0.15) is 0 Å². The second kappa shape index (κ2) is 11.3. The fourth-order valence-corrected chi connectivity index (χ4v) is 8.72. The Kier molecular flexibility index (Phi) is 6.28. The molecular formula is C50H30N2. The van der Waals surface area contributed by atoms with Gasteiger partial charge in [-0.25, -0.2) is 9.97 Å². The maximum Gasteiger partial charge on any atom is 0.115 e. The summed E-state index contributed by atoms with van der Waals surface area (Å²) in [4.78, 5) is 8.91. The van der Waals surface area contributed by atoms with Gasteiger partial charge in [-0.2, -0.15) is 0 Å². The van der Waals surface area contributed by atoms with Gasteiger partial charge in [-0.3, -0.25) is 0 Å². The molecule has 0 saturated carbocycles. The summed E-state index contributed by atoms with van der Waals surface area (Å²) in [7, 11) is 0. The molecule has 1 aliphatic carbocycles. The molecule has 10 aromatic rings. The largest absolute Gasteiger partial charge is 0.244 e. The molecule has 1 heterocycles. The number of benzene rings is 9. The van der Waals surface area contributed by atoms with Crippen molar-refractivity contribution in [1.82, 2.24) is 9.97 Å². The summed E-state index contributed by atoms with van der Waals surface area (Å²) in [5.41, 5.74) is 14.6. The van der Waals surface area contributed by atoms with Gasteiger partial charge in [0.2, 0.25) is 0 Å². The van der Waals surface area contributed by atoms with Crippen LogP contribution in [0.4, 0.5) is 0 Å². The molecule has 0 bridgehead atoms. The average Bonchev–Trinajstić information content (AvgIpc) is 3.55. The SMILES string of the molecule is c1ccc(-c2ccc3c4c(ccc(-c5cncnc5)c24)-c2c-3c(-c3ccc4ccccc4c3)c3ccccc3c2-c2ccc3ccccc3c2)cc1. The zero-order chi connectivity index (χ0) is 34.2. The van der Waals surface area contributed by atoms with Gasteiger partial charge in [-0.05, 0) is 116 Å². The number of fused-ring (bicyclic) bond motifs is 6. The summed E-state index contributed by atoms with van der Waals surface area (Å²) in [5, 5.41) is 9.97. The Labute approximate surface area is 301 Å². The van der Waals surface area contributed by atoms with Crippen molar-refractivity contribution < 1.29 is 0 Å². The molecule has 0 amide bonds. The van der Waals surface area contributed by atoms with E-state index in [9.17, 15) is 0 Å². The van der Waals surface area contributed by atoms with Crippen molar-refractivity contribution in [2.24, 2.45) is 0 Å². The van der Waals surface area contributed by atoms with Gasteiger partial charge in [0.15, 0.2) is 0 Å². The lowest BCUT2D eigenvalue weighted by Crippen LogP contribution is -1.94. The molecule has 1 aromatic heterocycles. The van der Waals surface area contributed by atoms with Crippen LogP contribution in [0, 0.1) is 0 Å². The van der Waals surface area contributed by atoms with Gasteiger partial charge in [0.1, 0.15) is 6.33 Å². The molecule has 11 rings (SSSR count). The maximum absolute atomic E-state index is 4.45. The lowest BCUT2D eigenvalue weighted by Gasteiger charge is -2.21. The minimum absolute atomic E-state index is 1.01. The van der Waals surface area contributed by atoms with Crippen molar-refractivity contribution in [1.29, 1.82) is 0 Å². The van der Waals surface area contributed by atoms with Crippen LogP contribution < -0.4 is 0 Å². The van der Waals surface area contributed by atoms with Crippen molar-refractivity contribution in [3.63, 3.8) is 0 Å². The van der Waals surface area contributed by atoms with Crippen LogP contribution >= 0.6 is 0 Å². The van der Waals surface area contributed by atoms with E-state index < -0.39 is 0 Å². The predicted octanol–water partition coefficient (Wildman–Crippen LogP) is 13.4. The van der Waals surface area contributed by atoms with Crippen molar-refractivity contribution in [2.45, 2.75) is 0 Å². The molecule has 0 radical (unpaired) electrons. The molecule has 240 valence electrons. The third-order valence-electron chi connectivity index (χ3n) is 10.9. The van der Waals surface area contributed by atoms with Crippen LogP contribution in [-0.4, -0.2) is 9.97 Å². The summed E-state index contributed by atoms with van der Waals surface area (Å²) in [6.45, 7) is 0. The highest BCUT2D eigenvalue weighted by atomic mass is 14.8. The molecule has 2 nitrogen and oxygen atoms in total. The number of hydrogen-bond acceptors (Lipinski definition) is 2. The fourth-order valence-electron chi connectivity index (χ4n) is 8.72. The van der Waals surface area contributed by atoms with Gasteiger partial charge in [-0.1, -0.05) is 152 Å². The van der Waals surface area contributed by atoms with Crippen LogP contribution in [0.2, 0.25) is 0 Å². The third-order valence-corrected chi connectivity index (χ3v) is 10.9. The minimum atomic E-state index is 1.01. The molecule has 0 spiro atoms. The Hall–Kier alpha value is -6.90. The van der Waals surface area contributed by atoms with Crippen molar-refractivity contribution in [3.8, 4) is 66.8 Å². The zero-order valence-electron chi connectivity index (χ0n) is 28.2. The molecule has 0 saturated heterocycles. The van der Waals surface area contributed by atoms with Crippen LogP contribution in [0.15, 0.2) is 183 Å². The molecular weight excluding hydrogens is 629 g/mol. The topological polar surface area (TPSA) is 25.8 Å². The van der Waals surface area contributed by atoms with E-state index in [1.54, 1.807) is 6.33 Å². The lowest BCUT2D eigenvalue weighted by atomic mass is 9.82. The monoisotopic (exact) mass is 658 g/mol. The highest BCUT2D eigenvalue weighted by Crippen LogP contribution is 2.59. The minimum Gasteiger partial charge on any atom is -0.244 e. The number of nitrogens with zero attached hydrogens (tertiary/aromatic N) is 2. The van der Waals surface area contributed by atoms with E-state index in [1.165, 1.54) is 98.7 Å². The first-order chi connectivity index (χ1) is 25.8. The quantitative estimate of drug-likeness (QED) is 0.188. The Morgan fingerprint density at radius 1 is 0.288 bits per heavy atom. The molecule has 0 aliphatic heterocycles. The first-order valence-corrected chi connectivity index (χ1v) is 17.8. The fraction of sp³-hybridized carbons (Fsp3) is 0. The Bertz CT molecular complexity index is 2850. The normalized spacial score (nSPS) is 11.8. The van der Waals surface area contributed by atoms with E-state index in [0.717, 1.165) is 11.1 Å². The summed E-state index contributed by atoms with van der Waals surface area (Å²) in [5.74, 6) is 0. The molecule has 2 heteroatoms. The smallest absolute Gasteiger partial charge is 0.115 e. The van der Waals surface area contributed by atoms with Gasteiger partial charge in [0.25, 0.3) is 0 Å². The molecule has 0 N–H and O–H groups in total. The third kappa shape index (κ3) is 4.25. The van der Waals surface area contributed by atoms with Gasteiger partial charge >= 0.3 is 0 Å². The van der Waals surface area contributed by atoms with E-state index in [2.05, 4.69) is 174 Å². The second-order valence-electron chi connectivity index (χ2n) is 13.7. The van der Waals surface area contributed by atoms with Crippen LogP contribution in [0.3, 0.4) is 0 Å². The van der Waals surface area contributed by atoms with Crippen LogP contribution in [-0.2, 0) is 0 Å². The van der Waals surface area contributed by atoms with Gasteiger partial charge in [0.05, 0.1) is 0 Å². The lowest BCUT2D eigenvalue weighted by molar-refractivity contribution is 1.17. The average molecular weight is 659 g/mol. The van der Waals surface area contributed by atoms with Crippen molar-refractivity contribution in [3.05, 3.63) is 183 Å². The van der Waals surface area contributed by atoms with Gasteiger partial charge in [-0.15, -0.1) is 0 Å². The number of aromatic nitrogens is 2.